The molecule has 1 aromatic rings. The number of pyridine rings is 1. The van der Waals surface area contributed by atoms with Crippen LogP contribution >= 0.6 is 0 Å². The summed E-state index contributed by atoms with van der Waals surface area (Å²) in [4.78, 5) is 18.5. The lowest BCUT2D eigenvalue weighted by molar-refractivity contribution is -0.275. The average Bonchev–Trinajstić information content (AvgIpc) is 2.82. The highest BCUT2D eigenvalue weighted by Crippen LogP contribution is 2.31. The SMILES string of the molecule is C[C@H]1CN(C)C[C@@H]1NC(=O)C(C)(C)COc1ncccc1OC(F)(F)F. The van der Waals surface area contributed by atoms with E-state index in [1.54, 1.807) is 13.8 Å². The Hall–Kier alpha value is -2.03. The molecule has 9 heteroatoms. The molecule has 1 N–H and O–H groups in total. The number of halogens is 3. The van der Waals surface area contributed by atoms with Crippen molar-refractivity contribution in [2.75, 3.05) is 26.7 Å². The zero-order valence-corrected chi connectivity index (χ0v) is 15.3. The zero-order chi connectivity index (χ0) is 19.5. The summed E-state index contributed by atoms with van der Waals surface area (Å²) in [5.41, 5.74) is -0.950. The summed E-state index contributed by atoms with van der Waals surface area (Å²) in [6.07, 6.45) is -3.56. The fourth-order valence-electron chi connectivity index (χ4n) is 2.76. The van der Waals surface area contributed by atoms with E-state index in [2.05, 4.69) is 26.9 Å². The quantitative estimate of drug-likeness (QED) is 0.828. The Morgan fingerprint density at radius 2 is 2.08 bits per heavy atom. The second kappa shape index (κ2) is 7.69. The summed E-state index contributed by atoms with van der Waals surface area (Å²) in [7, 11) is 1.99. The molecule has 0 spiro atoms. The van der Waals surface area contributed by atoms with Crippen LogP contribution in [-0.4, -0.2) is 54.9 Å². The van der Waals surface area contributed by atoms with E-state index < -0.39 is 17.5 Å². The number of amides is 1. The number of likely N-dealkylation sites (N-methyl/N-ethyl adjacent to an activating group) is 1. The molecule has 1 saturated heterocycles. The minimum Gasteiger partial charge on any atom is -0.474 e. The summed E-state index contributed by atoms with van der Waals surface area (Å²) in [6.45, 7) is 6.91. The van der Waals surface area contributed by atoms with Crippen molar-refractivity contribution in [3.05, 3.63) is 18.3 Å². The molecule has 6 nitrogen and oxygen atoms in total. The largest absolute Gasteiger partial charge is 0.573 e. The first kappa shape index (κ1) is 20.3. The van der Waals surface area contributed by atoms with Crippen molar-refractivity contribution in [1.82, 2.24) is 15.2 Å². The first-order chi connectivity index (χ1) is 12.0. The number of nitrogens with one attached hydrogen (secondary N) is 1. The van der Waals surface area contributed by atoms with Crippen molar-refractivity contribution >= 4 is 5.91 Å². The van der Waals surface area contributed by atoms with E-state index in [0.29, 0.717) is 5.92 Å². The number of hydrogen-bond donors (Lipinski definition) is 1. The van der Waals surface area contributed by atoms with Gasteiger partial charge in [-0.25, -0.2) is 4.98 Å². The van der Waals surface area contributed by atoms with Crippen LogP contribution in [0.4, 0.5) is 13.2 Å². The number of alkyl halides is 3. The fraction of sp³-hybridized carbons (Fsp3) is 0.647. The molecule has 0 saturated carbocycles. The van der Waals surface area contributed by atoms with Gasteiger partial charge in [-0.3, -0.25) is 4.79 Å². The van der Waals surface area contributed by atoms with Gasteiger partial charge in [0.15, 0.2) is 5.75 Å². The Bertz CT molecular complexity index is 637. The normalized spacial score (nSPS) is 21.5. The van der Waals surface area contributed by atoms with Gasteiger partial charge in [0, 0.05) is 25.3 Å². The molecule has 2 heterocycles. The van der Waals surface area contributed by atoms with Gasteiger partial charge in [-0.05, 0) is 38.9 Å². The molecule has 1 aliphatic heterocycles. The number of aromatic nitrogens is 1. The van der Waals surface area contributed by atoms with Crippen LogP contribution in [0.25, 0.3) is 0 Å². The molecular weight excluding hydrogens is 351 g/mol. The Labute approximate surface area is 150 Å². The van der Waals surface area contributed by atoms with Gasteiger partial charge in [-0.1, -0.05) is 6.92 Å². The second-order valence-electron chi connectivity index (χ2n) is 7.31. The number of nitrogens with zero attached hydrogens (tertiary/aromatic N) is 2. The molecule has 146 valence electrons. The van der Waals surface area contributed by atoms with Gasteiger partial charge in [0.2, 0.25) is 5.91 Å². The molecule has 1 fully saturated rings. The standard InChI is InChI=1S/C17H24F3N3O3/c1-11-8-23(4)9-12(11)22-15(24)16(2,3)10-25-14-13(6-5-7-21-14)26-17(18,19)20/h5-7,11-12H,8-10H2,1-4H3,(H,22,24)/t11-,12-/m0/s1. The second-order valence-corrected chi connectivity index (χ2v) is 7.31. The summed E-state index contributed by atoms with van der Waals surface area (Å²) in [5.74, 6) is -0.746. The third-order valence-electron chi connectivity index (χ3n) is 4.26. The first-order valence-corrected chi connectivity index (χ1v) is 8.31. The molecule has 0 unspecified atom stereocenters. The van der Waals surface area contributed by atoms with Crippen molar-refractivity contribution in [3.63, 3.8) is 0 Å². The van der Waals surface area contributed by atoms with Gasteiger partial charge in [-0.15, -0.1) is 13.2 Å². The first-order valence-electron chi connectivity index (χ1n) is 8.31. The van der Waals surface area contributed by atoms with Crippen molar-refractivity contribution in [2.45, 2.75) is 33.2 Å². The summed E-state index contributed by atoms with van der Waals surface area (Å²) in [6, 6.07) is 2.45. The van der Waals surface area contributed by atoms with Crippen LogP contribution in [0.3, 0.4) is 0 Å². The van der Waals surface area contributed by atoms with Gasteiger partial charge in [0.25, 0.3) is 5.88 Å². The smallest absolute Gasteiger partial charge is 0.474 e. The molecule has 1 aromatic heterocycles. The van der Waals surface area contributed by atoms with Crippen LogP contribution in [-0.2, 0) is 4.79 Å². The van der Waals surface area contributed by atoms with Crippen LogP contribution < -0.4 is 14.8 Å². The van der Waals surface area contributed by atoms with Crippen molar-refractivity contribution in [2.24, 2.45) is 11.3 Å². The van der Waals surface area contributed by atoms with Gasteiger partial charge in [0.1, 0.15) is 6.61 Å². The van der Waals surface area contributed by atoms with Crippen LogP contribution in [0.1, 0.15) is 20.8 Å². The lowest BCUT2D eigenvalue weighted by Crippen LogP contribution is -2.48. The topological polar surface area (TPSA) is 63.7 Å². The molecule has 0 aromatic carbocycles. The molecule has 2 rings (SSSR count). The molecule has 26 heavy (non-hydrogen) atoms. The van der Waals surface area contributed by atoms with Gasteiger partial charge < -0.3 is 19.7 Å². The van der Waals surface area contributed by atoms with E-state index in [4.69, 9.17) is 4.74 Å². The maximum absolute atomic E-state index is 12.6. The minimum atomic E-state index is -4.85. The maximum atomic E-state index is 12.6. The summed E-state index contributed by atoms with van der Waals surface area (Å²) >= 11 is 0. The highest BCUT2D eigenvalue weighted by atomic mass is 19.4. The Morgan fingerprint density at radius 1 is 1.38 bits per heavy atom. The van der Waals surface area contributed by atoms with Crippen molar-refractivity contribution in [1.29, 1.82) is 0 Å². The predicted molar refractivity (Wildman–Crippen MR) is 88.8 cm³/mol. The molecule has 0 aliphatic carbocycles. The van der Waals surface area contributed by atoms with Crippen LogP contribution in [0.15, 0.2) is 18.3 Å². The van der Waals surface area contributed by atoms with Gasteiger partial charge >= 0.3 is 6.36 Å². The lowest BCUT2D eigenvalue weighted by Gasteiger charge is -2.27. The highest BCUT2D eigenvalue weighted by molar-refractivity contribution is 5.82. The van der Waals surface area contributed by atoms with E-state index >= 15 is 0 Å². The molecule has 2 atom stereocenters. The minimum absolute atomic E-state index is 0.0331. The van der Waals surface area contributed by atoms with E-state index in [1.807, 2.05) is 7.05 Å². The molecule has 0 bridgehead atoms. The molecule has 0 radical (unpaired) electrons. The van der Waals surface area contributed by atoms with E-state index in [9.17, 15) is 18.0 Å². The molecule has 1 aliphatic rings. The maximum Gasteiger partial charge on any atom is 0.573 e. The third-order valence-corrected chi connectivity index (χ3v) is 4.26. The Kier molecular flexibility index (Phi) is 6.00. The number of carbonyl (C=O) groups excluding carboxylic acids is 1. The van der Waals surface area contributed by atoms with Crippen LogP contribution in [0.5, 0.6) is 11.6 Å². The number of likely N-dealkylation sites (tertiary alicyclic amines) is 1. The highest BCUT2D eigenvalue weighted by Gasteiger charge is 2.36. The number of hydrogen-bond acceptors (Lipinski definition) is 5. The van der Waals surface area contributed by atoms with Crippen LogP contribution in [0, 0.1) is 11.3 Å². The average molecular weight is 375 g/mol. The monoisotopic (exact) mass is 375 g/mol. The van der Waals surface area contributed by atoms with Crippen LogP contribution in [0.2, 0.25) is 0 Å². The number of ether oxygens (including phenoxy) is 2. The summed E-state index contributed by atoms with van der Waals surface area (Å²) < 4.78 is 46.6. The van der Waals surface area contributed by atoms with E-state index in [1.165, 1.54) is 12.3 Å². The van der Waals surface area contributed by atoms with Gasteiger partial charge in [0.05, 0.1) is 5.41 Å². The van der Waals surface area contributed by atoms with Gasteiger partial charge in [-0.2, -0.15) is 0 Å². The van der Waals surface area contributed by atoms with Crippen molar-refractivity contribution < 1.29 is 27.4 Å². The Morgan fingerprint density at radius 3 is 2.65 bits per heavy atom. The van der Waals surface area contributed by atoms with E-state index in [0.717, 1.165) is 19.2 Å². The number of carbonyl (C=O) groups is 1. The Balaban J connectivity index is 1.98. The molecule has 1 amide bonds. The van der Waals surface area contributed by atoms with Crippen molar-refractivity contribution in [3.8, 4) is 11.6 Å². The fourth-order valence-corrected chi connectivity index (χ4v) is 2.76. The lowest BCUT2D eigenvalue weighted by atomic mass is 9.92. The third kappa shape index (κ3) is 5.48. The summed E-state index contributed by atoms with van der Waals surface area (Å²) in [5, 5.41) is 3.00. The molecular formula is C17H24F3N3O3. The predicted octanol–water partition coefficient (Wildman–Crippen LogP) is 2.45. The number of rotatable bonds is 6. The zero-order valence-electron chi connectivity index (χ0n) is 15.3. The van der Waals surface area contributed by atoms with E-state index in [-0.39, 0.29) is 24.4 Å².